The zero-order valence-electron chi connectivity index (χ0n) is 13.1. The summed E-state index contributed by atoms with van der Waals surface area (Å²) in [5, 5.41) is 3.50. The summed E-state index contributed by atoms with van der Waals surface area (Å²) >= 11 is 0. The Morgan fingerprint density at radius 3 is 2.61 bits per heavy atom. The number of rotatable bonds is 7. The third-order valence-corrected chi connectivity index (χ3v) is 4.13. The van der Waals surface area contributed by atoms with Gasteiger partial charge in [0.1, 0.15) is 0 Å². The van der Waals surface area contributed by atoms with Gasteiger partial charge < -0.3 is 10.2 Å². The second-order valence-electron chi connectivity index (χ2n) is 6.35. The fourth-order valence-corrected chi connectivity index (χ4v) is 2.78. The van der Waals surface area contributed by atoms with Gasteiger partial charge in [-0.3, -0.25) is 4.90 Å². The zero-order valence-corrected chi connectivity index (χ0v) is 13.1. The molecule has 0 aliphatic carbocycles. The second kappa shape index (κ2) is 8.13. The molecule has 0 radical (unpaired) electrons. The lowest BCUT2D eigenvalue weighted by molar-refractivity contribution is 0.0978. The molecule has 2 unspecified atom stereocenters. The van der Waals surface area contributed by atoms with Crippen molar-refractivity contribution in [3.63, 3.8) is 0 Å². The predicted octanol–water partition coefficient (Wildman–Crippen LogP) is 2.18. The molecule has 0 bridgehead atoms. The van der Waals surface area contributed by atoms with E-state index in [2.05, 4.69) is 50.0 Å². The van der Waals surface area contributed by atoms with E-state index in [1.807, 2.05) is 0 Å². The Hall–Kier alpha value is -0.120. The molecule has 0 amide bonds. The van der Waals surface area contributed by atoms with Crippen molar-refractivity contribution in [1.82, 2.24) is 15.1 Å². The Balaban J connectivity index is 2.22. The fraction of sp³-hybridized carbons (Fsp3) is 1.00. The number of hydrogen-bond donors (Lipinski definition) is 1. The zero-order chi connectivity index (χ0) is 13.5. The Morgan fingerprint density at radius 1 is 1.28 bits per heavy atom. The van der Waals surface area contributed by atoms with Gasteiger partial charge in [-0.1, -0.05) is 13.8 Å². The van der Waals surface area contributed by atoms with Crippen LogP contribution < -0.4 is 5.32 Å². The van der Waals surface area contributed by atoms with Gasteiger partial charge in [0.25, 0.3) is 0 Å². The molecule has 0 saturated carbocycles. The number of likely N-dealkylation sites (tertiary alicyclic amines) is 1. The molecule has 1 N–H and O–H groups in total. The smallest absolute Gasteiger partial charge is 0.0217 e. The Morgan fingerprint density at radius 2 is 2.00 bits per heavy atom. The number of nitrogens with one attached hydrogen (secondary N) is 1. The van der Waals surface area contributed by atoms with Crippen molar-refractivity contribution in [1.29, 1.82) is 0 Å². The minimum Gasteiger partial charge on any atom is -0.315 e. The van der Waals surface area contributed by atoms with E-state index in [1.165, 1.54) is 38.8 Å². The van der Waals surface area contributed by atoms with Gasteiger partial charge in [0.05, 0.1) is 0 Å². The summed E-state index contributed by atoms with van der Waals surface area (Å²) in [7, 11) is 4.43. The predicted molar refractivity (Wildman–Crippen MR) is 80.1 cm³/mol. The van der Waals surface area contributed by atoms with Crippen LogP contribution >= 0.6 is 0 Å². The first-order valence-electron chi connectivity index (χ1n) is 7.64. The number of hydrogen-bond acceptors (Lipinski definition) is 3. The molecule has 18 heavy (non-hydrogen) atoms. The maximum atomic E-state index is 3.50. The minimum atomic E-state index is 0.619. The van der Waals surface area contributed by atoms with Crippen molar-refractivity contribution in [3.8, 4) is 0 Å². The molecule has 3 nitrogen and oxygen atoms in total. The third-order valence-electron chi connectivity index (χ3n) is 4.13. The summed E-state index contributed by atoms with van der Waals surface area (Å²) in [5.41, 5.74) is 0. The van der Waals surface area contributed by atoms with Crippen LogP contribution in [-0.4, -0.2) is 61.7 Å². The second-order valence-corrected chi connectivity index (χ2v) is 6.35. The number of nitrogens with zero attached hydrogens (tertiary/aromatic N) is 2. The van der Waals surface area contributed by atoms with Crippen LogP contribution in [0, 0.1) is 0 Å². The molecule has 1 aliphatic rings. The van der Waals surface area contributed by atoms with E-state index in [4.69, 9.17) is 0 Å². The molecule has 0 aromatic rings. The lowest BCUT2D eigenvalue weighted by Gasteiger charge is -2.39. The van der Waals surface area contributed by atoms with Crippen molar-refractivity contribution in [2.75, 3.05) is 33.7 Å². The molecule has 2 atom stereocenters. The first-order valence-corrected chi connectivity index (χ1v) is 7.64. The highest BCUT2D eigenvalue weighted by Gasteiger charge is 2.24. The van der Waals surface area contributed by atoms with Gasteiger partial charge in [-0.05, 0) is 59.8 Å². The van der Waals surface area contributed by atoms with Crippen LogP contribution in [0.1, 0.15) is 46.5 Å². The molecule has 1 heterocycles. The van der Waals surface area contributed by atoms with Gasteiger partial charge in [-0.15, -0.1) is 0 Å². The van der Waals surface area contributed by atoms with Gasteiger partial charge in [0.2, 0.25) is 0 Å². The van der Waals surface area contributed by atoms with E-state index in [1.54, 1.807) is 0 Å². The number of likely N-dealkylation sites (N-methyl/N-ethyl adjacent to an activating group) is 1. The minimum absolute atomic E-state index is 0.619. The average molecular weight is 255 g/mol. The van der Waals surface area contributed by atoms with Crippen LogP contribution in [-0.2, 0) is 0 Å². The quantitative estimate of drug-likeness (QED) is 0.704. The largest absolute Gasteiger partial charge is 0.315 e. The van der Waals surface area contributed by atoms with E-state index in [0.717, 1.165) is 18.6 Å². The normalized spacial score (nSPS) is 23.8. The maximum absolute atomic E-state index is 3.50. The molecule has 0 spiro atoms. The highest BCUT2D eigenvalue weighted by atomic mass is 15.2. The molecule has 1 saturated heterocycles. The van der Waals surface area contributed by atoms with Crippen LogP contribution in [0.3, 0.4) is 0 Å². The summed E-state index contributed by atoms with van der Waals surface area (Å²) in [6, 6.07) is 2.12. The first-order chi connectivity index (χ1) is 8.50. The summed E-state index contributed by atoms with van der Waals surface area (Å²) in [6.07, 6.45) is 5.34. The lowest BCUT2D eigenvalue weighted by atomic mass is 10.0. The van der Waals surface area contributed by atoms with E-state index < -0.39 is 0 Å². The van der Waals surface area contributed by atoms with Crippen molar-refractivity contribution in [2.24, 2.45) is 0 Å². The van der Waals surface area contributed by atoms with E-state index in [9.17, 15) is 0 Å². The Bertz CT molecular complexity index is 216. The molecular weight excluding hydrogens is 222 g/mol. The standard InChI is InChI=1S/C15H33N3/c1-13(2)16-10-6-8-14(3)18-11-7-9-15(12-18)17(4)5/h13-16H,6-12H2,1-5H3. The summed E-state index contributed by atoms with van der Waals surface area (Å²) < 4.78 is 0. The van der Waals surface area contributed by atoms with E-state index >= 15 is 0 Å². The summed E-state index contributed by atoms with van der Waals surface area (Å²) in [4.78, 5) is 5.07. The first kappa shape index (κ1) is 15.9. The van der Waals surface area contributed by atoms with Crippen molar-refractivity contribution >= 4 is 0 Å². The van der Waals surface area contributed by atoms with Gasteiger partial charge in [-0.25, -0.2) is 0 Å². The highest BCUT2D eigenvalue weighted by Crippen LogP contribution is 2.18. The van der Waals surface area contributed by atoms with Gasteiger partial charge in [-0.2, -0.15) is 0 Å². The van der Waals surface area contributed by atoms with Gasteiger partial charge >= 0.3 is 0 Å². The van der Waals surface area contributed by atoms with Crippen molar-refractivity contribution < 1.29 is 0 Å². The topological polar surface area (TPSA) is 18.5 Å². The molecule has 0 aromatic heterocycles. The van der Waals surface area contributed by atoms with Crippen LogP contribution in [0.2, 0.25) is 0 Å². The van der Waals surface area contributed by atoms with Crippen molar-refractivity contribution in [2.45, 2.75) is 64.6 Å². The molecule has 1 rings (SSSR count). The monoisotopic (exact) mass is 255 g/mol. The van der Waals surface area contributed by atoms with Crippen molar-refractivity contribution in [3.05, 3.63) is 0 Å². The van der Waals surface area contributed by atoms with E-state index in [-0.39, 0.29) is 0 Å². The van der Waals surface area contributed by atoms with Crippen LogP contribution in [0.15, 0.2) is 0 Å². The SMILES string of the molecule is CC(C)NCCCC(C)N1CCCC(N(C)C)C1. The molecule has 1 aliphatic heterocycles. The maximum Gasteiger partial charge on any atom is 0.0217 e. The third kappa shape index (κ3) is 5.68. The molecule has 108 valence electrons. The van der Waals surface area contributed by atoms with Crippen LogP contribution in [0.5, 0.6) is 0 Å². The molecular formula is C15H33N3. The van der Waals surface area contributed by atoms with Crippen LogP contribution in [0.25, 0.3) is 0 Å². The van der Waals surface area contributed by atoms with E-state index in [0.29, 0.717) is 6.04 Å². The molecule has 3 heteroatoms. The van der Waals surface area contributed by atoms with Gasteiger partial charge in [0, 0.05) is 24.7 Å². The average Bonchev–Trinajstić information content (AvgIpc) is 2.34. The summed E-state index contributed by atoms with van der Waals surface area (Å²) in [5.74, 6) is 0. The Kier molecular flexibility index (Phi) is 7.20. The molecule has 0 aromatic carbocycles. The summed E-state index contributed by atoms with van der Waals surface area (Å²) in [6.45, 7) is 10.5. The Labute approximate surface area is 114 Å². The van der Waals surface area contributed by atoms with Crippen LogP contribution in [0.4, 0.5) is 0 Å². The lowest BCUT2D eigenvalue weighted by Crippen LogP contribution is -2.48. The molecule has 1 fully saturated rings. The van der Waals surface area contributed by atoms with Gasteiger partial charge in [0.15, 0.2) is 0 Å². The number of piperidine rings is 1. The highest BCUT2D eigenvalue weighted by molar-refractivity contribution is 4.81. The fourth-order valence-electron chi connectivity index (χ4n) is 2.78.